The number of carboxylic acid groups (broad SMARTS) is 3. The Hall–Kier alpha value is -3.23. The number of nitrogens with zero attached hydrogens (tertiary/aromatic N) is 3. The Morgan fingerprint density at radius 1 is 0.837 bits per heavy atom. The van der Waals surface area contributed by atoms with Crippen molar-refractivity contribution in [2.45, 2.75) is 56.1 Å². The minimum atomic E-state index is -5.08. The first kappa shape index (κ1) is 37.8. The Morgan fingerprint density at radius 2 is 1.33 bits per heavy atom. The molecule has 0 spiro atoms. The molecule has 3 aliphatic rings. The van der Waals surface area contributed by atoms with Crippen molar-refractivity contribution in [3.63, 3.8) is 0 Å². The molecule has 3 fully saturated rings. The van der Waals surface area contributed by atoms with E-state index in [2.05, 4.69) is 20.9 Å². The predicted molar refractivity (Wildman–Crippen MR) is 125 cm³/mol. The summed E-state index contributed by atoms with van der Waals surface area (Å²) in [5.41, 5.74) is 1.30. The van der Waals surface area contributed by atoms with Gasteiger partial charge in [0.05, 0.1) is 25.4 Å². The summed E-state index contributed by atoms with van der Waals surface area (Å²) in [5, 5.41) is 21.4. The summed E-state index contributed by atoms with van der Waals surface area (Å²) in [6.07, 6.45) is -8.62. The van der Waals surface area contributed by atoms with E-state index in [0.29, 0.717) is 18.2 Å². The maximum Gasteiger partial charge on any atom is 0.490 e. The predicted octanol–water partition coefficient (Wildman–Crippen LogP) is 3.05. The van der Waals surface area contributed by atoms with Crippen molar-refractivity contribution in [1.82, 2.24) is 14.8 Å². The molecule has 3 saturated heterocycles. The first-order valence-corrected chi connectivity index (χ1v) is 12.2. The van der Waals surface area contributed by atoms with Crippen LogP contribution in [-0.4, -0.2) is 124 Å². The molecule has 0 radical (unpaired) electrons. The fourth-order valence-electron chi connectivity index (χ4n) is 4.16. The number of alkyl halides is 9. The van der Waals surface area contributed by atoms with E-state index in [1.54, 1.807) is 0 Å². The molecule has 1 aromatic heterocycles. The van der Waals surface area contributed by atoms with Crippen molar-refractivity contribution < 1.29 is 78.7 Å². The van der Waals surface area contributed by atoms with E-state index in [4.69, 9.17) is 39.2 Å². The van der Waals surface area contributed by atoms with Gasteiger partial charge in [-0.1, -0.05) is 6.07 Å². The molecular weight excluding hydrogens is 617 g/mol. The molecule has 0 bridgehead atoms. The van der Waals surface area contributed by atoms with E-state index in [1.807, 2.05) is 18.5 Å². The number of carboxylic acids is 3. The summed E-state index contributed by atoms with van der Waals surface area (Å²) in [6, 6.07) is 5.28. The van der Waals surface area contributed by atoms with E-state index < -0.39 is 36.4 Å². The summed E-state index contributed by atoms with van der Waals surface area (Å²) < 4.78 is 107. The number of ether oxygens (including phenoxy) is 2. The molecule has 0 unspecified atom stereocenters. The van der Waals surface area contributed by atoms with Gasteiger partial charge in [-0.25, -0.2) is 14.4 Å². The minimum Gasteiger partial charge on any atom is -0.475 e. The fourth-order valence-corrected chi connectivity index (χ4v) is 4.16. The van der Waals surface area contributed by atoms with Crippen molar-refractivity contribution in [2.75, 3.05) is 39.5 Å². The maximum atomic E-state index is 10.6. The van der Waals surface area contributed by atoms with Gasteiger partial charge in [0.1, 0.15) is 0 Å². The third-order valence-electron chi connectivity index (χ3n) is 5.95. The lowest BCUT2D eigenvalue weighted by Gasteiger charge is -2.37. The topological polar surface area (TPSA) is 150 Å². The SMILES string of the molecule is O=C(O)C(F)(F)F.O=C(O)C(F)(F)F.O=C(O)C(F)(F)F.c1cncc(CN2C[C@H](N3CCOCC3)[C@@H]3OCCC[C@@H]32)c1. The molecule has 0 amide bonds. The van der Waals surface area contributed by atoms with E-state index in [0.717, 1.165) is 46.0 Å². The van der Waals surface area contributed by atoms with Gasteiger partial charge < -0.3 is 24.8 Å². The molecule has 3 aliphatic heterocycles. The van der Waals surface area contributed by atoms with Gasteiger partial charge in [0.15, 0.2) is 0 Å². The molecule has 0 saturated carbocycles. The molecule has 246 valence electrons. The van der Waals surface area contributed by atoms with Gasteiger partial charge in [-0.3, -0.25) is 14.8 Å². The van der Waals surface area contributed by atoms with Crippen LogP contribution in [0.1, 0.15) is 18.4 Å². The van der Waals surface area contributed by atoms with Crippen LogP contribution in [0.5, 0.6) is 0 Å². The Labute approximate surface area is 237 Å². The van der Waals surface area contributed by atoms with Gasteiger partial charge in [0.25, 0.3) is 0 Å². The molecule has 0 aromatic carbocycles. The molecular formula is C23H28F9N3O8. The number of rotatable bonds is 3. The van der Waals surface area contributed by atoms with E-state index in [1.165, 1.54) is 18.4 Å². The van der Waals surface area contributed by atoms with E-state index >= 15 is 0 Å². The van der Waals surface area contributed by atoms with Crippen LogP contribution in [0.4, 0.5) is 39.5 Å². The van der Waals surface area contributed by atoms with Crippen LogP contribution < -0.4 is 0 Å². The number of hydrogen-bond donors (Lipinski definition) is 3. The molecule has 4 rings (SSSR count). The first-order valence-electron chi connectivity index (χ1n) is 12.2. The second-order valence-electron chi connectivity index (χ2n) is 8.96. The summed E-state index contributed by atoms with van der Waals surface area (Å²) in [4.78, 5) is 36.1. The Bertz CT molecular complexity index is 963. The van der Waals surface area contributed by atoms with Crippen LogP contribution in [-0.2, 0) is 30.4 Å². The van der Waals surface area contributed by atoms with E-state index in [9.17, 15) is 39.5 Å². The molecule has 0 aliphatic carbocycles. The van der Waals surface area contributed by atoms with Gasteiger partial charge in [0.2, 0.25) is 0 Å². The Morgan fingerprint density at radius 3 is 1.74 bits per heavy atom. The standard InChI is InChI=1S/C17H25N3O2.3C2HF3O2/c1-3-14(11-18-5-1)12-20-13-16(19-6-9-21-10-7-19)17-15(20)4-2-8-22-17;3*3-2(4,5)1(6)7/h1,3,5,11,15-17H,2,4,6-10,12-13H2;3*(H,6,7)/t15-,16-,17+;;;/m0.../s1. The Balaban J connectivity index is 0.000000363. The quantitative estimate of drug-likeness (QED) is 0.417. The number of halogens is 9. The number of aliphatic carboxylic acids is 3. The van der Waals surface area contributed by atoms with Gasteiger partial charge >= 0.3 is 36.4 Å². The number of fused-ring (bicyclic) bond motifs is 1. The second-order valence-corrected chi connectivity index (χ2v) is 8.96. The van der Waals surface area contributed by atoms with Crippen molar-refractivity contribution in [1.29, 1.82) is 0 Å². The number of likely N-dealkylation sites (tertiary alicyclic amines) is 1. The van der Waals surface area contributed by atoms with E-state index in [-0.39, 0.29) is 0 Å². The molecule has 11 nitrogen and oxygen atoms in total. The first-order chi connectivity index (χ1) is 19.7. The third kappa shape index (κ3) is 13.7. The molecule has 1 aromatic rings. The molecule has 43 heavy (non-hydrogen) atoms. The van der Waals surface area contributed by atoms with Gasteiger partial charge in [-0.05, 0) is 24.5 Å². The number of hydrogen-bond acceptors (Lipinski definition) is 8. The average Bonchev–Trinajstić information content (AvgIpc) is 3.27. The molecule has 4 heterocycles. The highest BCUT2D eigenvalue weighted by atomic mass is 19.4. The lowest BCUT2D eigenvalue weighted by molar-refractivity contribution is -0.193. The van der Waals surface area contributed by atoms with Crippen LogP contribution in [0.15, 0.2) is 24.5 Å². The maximum absolute atomic E-state index is 10.6. The van der Waals surface area contributed by atoms with Crippen LogP contribution in [0, 0.1) is 0 Å². The number of pyridine rings is 1. The number of carbonyl (C=O) groups is 3. The zero-order valence-corrected chi connectivity index (χ0v) is 22.0. The Kier molecular flexibility index (Phi) is 14.6. The highest BCUT2D eigenvalue weighted by Crippen LogP contribution is 2.33. The minimum absolute atomic E-state index is 0.364. The number of morpholine rings is 1. The molecule has 3 N–H and O–H groups in total. The zero-order chi connectivity index (χ0) is 33.0. The summed E-state index contributed by atoms with van der Waals surface area (Å²) >= 11 is 0. The average molecular weight is 645 g/mol. The van der Waals surface area contributed by atoms with Gasteiger partial charge in [0, 0.05) is 51.2 Å². The largest absolute Gasteiger partial charge is 0.490 e. The summed E-state index contributed by atoms with van der Waals surface area (Å²) in [7, 11) is 0. The molecule has 3 atom stereocenters. The van der Waals surface area contributed by atoms with Crippen molar-refractivity contribution >= 4 is 17.9 Å². The van der Waals surface area contributed by atoms with Gasteiger partial charge in [-0.15, -0.1) is 0 Å². The van der Waals surface area contributed by atoms with Gasteiger partial charge in [-0.2, -0.15) is 39.5 Å². The van der Waals surface area contributed by atoms with Crippen LogP contribution >= 0.6 is 0 Å². The van der Waals surface area contributed by atoms with Crippen LogP contribution in [0.25, 0.3) is 0 Å². The summed E-state index contributed by atoms with van der Waals surface area (Å²) in [5.74, 6) is -8.27. The number of aromatic nitrogens is 1. The third-order valence-corrected chi connectivity index (χ3v) is 5.95. The lowest BCUT2D eigenvalue weighted by Crippen LogP contribution is -2.51. The second kappa shape index (κ2) is 16.6. The molecule has 20 heteroatoms. The van der Waals surface area contributed by atoms with Crippen molar-refractivity contribution in [2.24, 2.45) is 0 Å². The summed E-state index contributed by atoms with van der Waals surface area (Å²) in [6.45, 7) is 6.80. The van der Waals surface area contributed by atoms with Crippen LogP contribution in [0.2, 0.25) is 0 Å². The zero-order valence-electron chi connectivity index (χ0n) is 22.0. The monoisotopic (exact) mass is 645 g/mol. The fraction of sp³-hybridized carbons (Fsp3) is 0.652. The smallest absolute Gasteiger partial charge is 0.475 e. The lowest BCUT2D eigenvalue weighted by atomic mass is 9.99. The highest BCUT2D eigenvalue weighted by Gasteiger charge is 2.46. The normalized spacial score (nSPS) is 22.8. The van der Waals surface area contributed by atoms with Crippen molar-refractivity contribution in [3.05, 3.63) is 30.1 Å². The van der Waals surface area contributed by atoms with Crippen molar-refractivity contribution in [3.8, 4) is 0 Å². The van der Waals surface area contributed by atoms with Crippen LogP contribution in [0.3, 0.4) is 0 Å². The highest BCUT2D eigenvalue weighted by molar-refractivity contribution is 5.73.